The fourth-order valence-electron chi connectivity index (χ4n) is 2.42. The molecule has 1 heterocycles. The van der Waals surface area contributed by atoms with Gasteiger partial charge >= 0.3 is 0 Å². The summed E-state index contributed by atoms with van der Waals surface area (Å²) in [6.07, 6.45) is 1.47. The van der Waals surface area contributed by atoms with E-state index in [0.29, 0.717) is 11.3 Å². The molecule has 0 radical (unpaired) electrons. The summed E-state index contributed by atoms with van der Waals surface area (Å²) in [6.45, 7) is 4.03. The van der Waals surface area contributed by atoms with Gasteiger partial charge in [-0.3, -0.25) is 9.89 Å². The second-order valence-electron chi connectivity index (χ2n) is 5.51. The Kier molecular flexibility index (Phi) is 4.96. The first-order valence-electron chi connectivity index (χ1n) is 7.58. The Labute approximate surface area is 144 Å². The molecular weight excluding hydrogens is 320 g/mol. The predicted molar refractivity (Wildman–Crippen MR) is 96.3 cm³/mol. The topological polar surface area (TPSA) is 70.7 Å². The van der Waals surface area contributed by atoms with E-state index in [9.17, 15) is 4.79 Å². The highest BCUT2D eigenvalue weighted by atomic mass is 32.2. The number of hydrogen-bond acceptors (Lipinski definition) is 4. The van der Waals surface area contributed by atoms with Crippen LogP contribution in [0.25, 0.3) is 0 Å². The molecule has 6 heteroatoms. The zero-order valence-corrected chi connectivity index (χ0v) is 14.4. The molecule has 3 rings (SSSR count). The van der Waals surface area contributed by atoms with E-state index in [1.165, 1.54) is 23.7 Å². The van der Waals surface area contributed by atoms with Crippen LogP contribution in [0.2, 0.25) is 0 Å². The Morgan fingerprint density at radius 3 is 2.79 bits per heavy atom. The minimum Gasteiger partial charge on any atom is -0.322 e. The van der Waals surface area contributed by atoms with Crippen molar-refractivity contribution in [3.05, 3.63) is 71.0 Å². The summed E-state index contributed by atoms with van der Waals surface area (Å²) in [5.41, 5.74) is 4.69. The third kappa shape index (κ3) is 3.83. The third-order valence-electron chi connectivity index (χ3n) is 3.65. The second-order valence-corrected chi connectivity index (χ2v) is 6.47. The van der Waals surface area contributed by atoms with Crippen LogP contribution < -0.4 is 5.32 Å². The molecule has 122 valence electrons. The molecule has 0 aliphatic heterocycles. The summed E-state index contributed by atoms with van der Waals surface area (Å²) < 4.78 is 0. The highest BCUT2D eigenvalue weighted by Gasteiger charge is 2.13. The minimum absolute atomic E-state index is 0.101. The van der Waals surface area contributed by atoms with Crippen molar-refractivity contribution in [2.24, 2.45) is 0 Å². The Morgan fingerprint density at radius 2 is 2.04 bits per heavy atom. The first kappa shape index (κ1) is 16.3. The van der Waals surface area contributed by atoms with Crippen molar-refractivity contribution < 1.29 is 4.79 Å². The molecule has 0 unspecified atom stereocenters. The van der Waals surface area contributed by atoms with Crippen LogP contribution in [0.3, 0.4) is 0 Å². The Morgan fingerprint density at radius 1 is 1.21 bits per heavy atom. The summed E-state index contributed by atoms with van der Waals surface area (Å²) in [6, 6.07) is 13.6. The van der Waals surface area contributed by atoms with Gasteiger partial charge in [0, 0.05) is 17.0 Å². The molecule has 5 nitrogen and oxygen atoms in total. The van der Waals surface area contributed by atoms with Crippen molar-refractivity contribution in [1.82, 2.24) is 15.2 Å². The lowest BCUT2D eigenvalue weighted by Gasteiger charge is -2.12. The molecule has 1 aromatic heterocycles. The van der Waals surface area contributed by atoms with E-state index in [1.54, 1.807) is 0 Å². The van der Waals surface area contributed by atoms with E-state index in [1.807, 2.05) is 50.2 Å². The van der Waals surface area contributed by atoms with E-state index in [-0.39, 0.29) is 5.91 Å². The van der Waals surface area contributed by atoms with Gasteiger partial charge in [0.1, 0.15) is 6.33 Å². The zero-order valence-electron chi connectivity index (χ0n) is 13.5. The molecule has 0 atom stereocenters. The number of carbonyl (C=O) groups is 1. The standard InChI is InChI=1S/C18H18N4OS/c1-12-7-8-16(13(2)9-12)21-17(23)15-6-4-3-5-14(15)10-24-18-19-11-20-22-18/h3-9,11H,10H2,1-2H3,(H,21,23)(H,19,20,22). The van der Waals surface area contributed by atoms with Crippen LogP contribution in [0.4, 0.5) is 5.69 Å². The first-order valence-corrected chi connectivity index (χ1v) is 8.57. The summed E-state index contributed by atoms with van der Waals surface area (Å²) >= 11 is 1.51. The van der Waals surface area contributed by atoms with E-state index < -0.39 is 0 Å². The molecule has 3 aromatic rings. The van der Waals surface area contributed by atoms with E-state index in [4.69, 9.17) is 0 Å². The molecule has 1 amide bonds. The van der Waals surface area contributed by atoms with E-state index in [0.717, 1.165) is 22.0 Å². The number of nitrogens with zero attached hydrogens (tertiary/aromatic N) is 2. The van der Waals surface area contributed by atoms with Crippen LogP contribution in [0.1, 0.15) is 27.0 Å². The quantitative estimate of drug-likeness (QED) is 0.691. The normalized spacial score (nSPS) is 10.6. The molecule has 0 saturated carbocycles. The minimum atomic E-state index is -0.101. The van der Waals surface area contributed by atoms with Crippen molar-refractivity contribution in [2.75, 3.05) is 5.32 Å². The van der Waals surface area contributed by atoms with Gasteiger partial charge < -0.3 is 5.32 Å². The number of hydrogen-bond donors (Lipinski definition) is 2. The molecule has 2 N–H and O–H groups in total. The molecule has 0 aliphatic carbocycles. The van der Waals surface area contributed by atoms with Crippen LogP contribution in [0, 0.1) is 13.8 Å². The average Bonchev–Trinajstić information content (AvgIpc) is 3.09. The molecule has 24 heavy (non-hydrogen) atoms. The number of thioether (sulfide) groups is 1. The molecule has 0 fully saturated rings. The Balaban J connectivity index is 1.77. The number of aryl methyl sites for hydroxylation is 2. The number of H-pyrrole nitrogens is 1. The van der Waals surface area contributed by atoms with Gasteiger partial charge in [0.2, 0.25) is 0 Å². The molecular formula is C18H18N4OS. The van der Waals surface area contributed by atoms with Gasteiger partial charge in [-0.25, -0.2) is 4.98 Å². The highest BCUT2D eigenvalue weighted by Crippen LogP contribution is 2.23. The van der Waals surface area contributed by atoms with Crippen LogP contribution in [0.15, 0.2) is 53.9 Å². The largest absolute Gasteiger partial charge is 0.322 e. The SMILES string of the molecule is Cc1ccc(NC(=O)c2ccccc2CSc2ncn[nH]2)c(C)c1. The fourth-order valence-corrected chi connectivity index (χ4v) is 3.20. The van der Waals surface area contributed by atoms with Gasteiger partial charge in [-0.2, -0.15) is 5.10 Å². The summed E-state index contributed by atoms with van der Waals surface area (Å²) in [7, 11) is 0. The number of nitrogens with one attached hydrogen (secondary N) is 2. The van der Waals surface area contributed by atoms with Gasteiger partial charge in [-0.15, -0.1) is 0 Å². The van der Waals surface area contributed by atoms with Gasteiger partial charge in [0.25, 0.3) is 5.91 Å². The number of anilines is 1. The van der Waals surface area contributed by atoms with Crippen LogP contribution in [0.5, 0.6) is 0 Å². The number of rotatable bonds is 5. The van der Waals surface area contributed by atoms with Gasteiger partial charge in [0.15, 0.2) is 5.16 Å². The molecule has 2 aromatic carbocycles. The van der Waals surface area contributed by atoms with Crippen LogP contribution in [-0.2, 0) is 5.75 Å². The first-order chi connectivity index (χ1) is 11.6. The van der Waals surface area contributed by atoms with Crippen LogP contribution >= 0.6 is 11.8 Å². The van der Waals surface area contributed by atoms with Crippen molar-refractivity contribution >= 4 is 23.4 Å². The van der Waals surface area contributed by atoms with Crippen molar-refractivity contribution in [1.29, 1.82) is 0 Å². The second kappa shape index (κ2) is 7.31. The number of amides is 1. The maximum absolute atomic E-state index is 12.7. The lowest BCUT2D eigenvalue weighted by Crippen LogP contribution is -2.14. The molecule has 0 aliphatic rings. The molecule has 0 spiro atoms. The molecule has 0 bridgehead atoms. The average molecular weight is 338 g/mol. The monoisotopic (exact) mass is 338 g/mol. The predicted octanol–water partition coefficient (Wildman–Crippen LogP) is 3.97. The van der Waals surface area contributed by atoms with Crippen molar-refractivity contribution in [3.8, 4) is 0 Å². The van der Waals surface area contributed by atoms with E-state index in [2.05, 4.69) is 26.6 Å². The zero-order chi connectivity index (χ0) is 16.9. The van der Waals surface area contributed by atoms with Gasteiger partial charge in [-0.1, -0.05) is 47.7 Å². The summed E-state index contributed by atoms with van der Waals surface area (Å²) in [5.74, 6) is 0.543. The Hall–Kier alpha value is -2.60. The summed E-state index contributed by atoms with van der Waals surface area (Å²) in [5, 5.41) is 10.4. The lowest BCUT2D eigenvalue weighted by molar-refractivity contribution is 0.102. The number of aromatic nitrogens is 3. The number of carbonyl (C=O) groups excluding carboxylic acids is 1. The van der Waals surface area contributed by atoms with E-state index >= 15 is 0 Å². The maximum Gasteiger partial charge on any atom is 0.255 e. The molecule has 0 saturated heterocycles. The van der Waals surface area contributed by atoms with Gasteiger partial charge in [0.05, 0.1) is 0 Å². The Bertz CT molecular complexity index is 846. The fraction of sp³-hybridized carbons (Fsp3) is 0.167. The van der Waals surface area contributed by atoms with Gasteiger partial charge in [-0.05, 0) is 37.1 Å². The number of aromatic amines is 1. The smallest absolute Gasteiger partial charge is 0.255 e. The summed E-state index contributed by atoms with van der Waals surface area (Å²) in [4.78, 5) is 16.8. The maximum atomic E-state index is 12.7. The third-order valence-corrected chi connectivity index (χ3v) is 4.57. The highest BCUT2D eigenvalue weighted by molar-refractivity contribution is 7.98. The lowest BCUT2D eigenvalue weighted by atomic mass is 10.1. The van der Waals surface area contributed by atoms with Crippen molar-refractivity contribution in [2.45, 2.75) is 24.8 Å². The van der Waals surface area contributed by atoms with Crippen molar-refractivity contribution in [3.63, 3.8) is 0 Å². The van der Waals surface area contributed by atoms with Crippen LogP contribution in [-0.4, -0.2) is 21.1 Å². The number of benzene rings is 2.